The van der Waals surface area contributed by atoms with Crippen LogP contribution in [0.25, 0.3) is 0 Å². The Bertz CT molecular complexity index is 862. The van der Waals surface area contributed by atoms with Gasteiger partial charge in [-0.15, -0.1) is 11.8 Å². The molecule has 0 heterocycles. The summed E-state index contributed by atoms with van der Waals surface area (Å²) < 4.78 is 0. The van der Waals surface area contributed by atoms with E-state index < -0.39 is 6.04 Å². The van der Waals surface area contributed by atoms with Crippen LogP contribution in [0.5, 0.6) is 0 Å². The van der Waals surface area contributed by atoms with Crippen LogP contribution in [0.1, 0.15) is 38.3 Å². The van der Waals surface area contributed by atoms with Gasteiger partial charge in [0.15, 0.2) is 0 Å². The van der Waals surface area contributed by atoms with Crippen LogP contribution in [-0.2, 0) is 21.8 Å². The summed E-state index contributed by atoms with van der Waals surface area (Å²) >= 11 is 13.7. The van der Waals surface area contributed by atoms with E-state index in [1.54, 1.807) is 17.0 Å². The lowest BCUT2D eigenvalue weighted by Gasteiger charge is -2.31. The molecule has 31 heavy (non-hydrogen) atoms. The lowest BCUT2D eigenvalue weighted by Crippen LogP contribution is -2.51. The number of hydrogen-bond acceptors (Lipinski definition) is 3. The maximum atomic E-state index is 13.2. The summed E-state index contributed by atoms with van der Waals surface area (Å²) in [6.45, 7) is 6.28. The zero-order chi connectivity index (χ0) is 22.8. The van der Waals surface area contributed by atoms with Crippen LogP contribution < -0.4 is 5.32 Å². The molecular weight excluding hydrogens is 451 g/mol. The Hall–Kier alpha value is -1.69. The van der Waals surface area contributed by atoms with Crippen LogP contribution in [0, 0.1) is 0 Å². The molecule has 0 aliphatic rings. The smallest absolute Gasteiger partial charge is 0.242 e. The van der Waals surface area contributed by atoms with Gasteiger partial charge in [-0.3, -0.25) is 9.59 Å². The fourth-order valence-electron chi connectivity index (χ4n) is 3.25. The fourth-order valence-corrected chi connectivity index (χ4v) is 4.72. The number of carbonyl (C=O) groups excluding carboxylic acids is 2. The highest BCUT2D eigenvalue weighted by Gasteiger charge is 2.28. The van der Waals surface area contributed by atoms with E-state index in [1.165, 1.54) is 11.8 Å². The van der Waals surface area contributed by atoms with E-state index in [9.17, 15) is 9.59 Å². The van der Waals surface area contributed by atoms with E-state index in [0.717, 1.165) is 11.1 Å². The normalized spacial score (nSPS) is 11.9. The Labute approximate surface area is 199 Å². The van der Waals surface area contributed by atoms with Gasteiger partial charge in [-0.1, -0.05) is 66.5 Å². The van der Waals surface area contributed by atoms with E-state index in [1.807, 2.05) is 57.2 Å². The highest BCUT2D eigenvalue weighted by Crippen LogP contribution is 2.25. The summed E-state index contributed by atoms with van der Waals surface area (Å²) in [5.41, 5.74) is 2.07. The maximum absolute atomic E-state index is 13.2. The average Bonchev–Trinajstić information content (AvgIpc) is 2.72. The zero-order valence-electron chi connectivity index (χ0n) is 18.2. The lowest BCUT2D eigenvalue weighted by molar-refractivity contribution is -0.139. The number of thioether (sulfide) groups is 1. The minimum atomic E-state index is -0.488. The van der Waals surface area contributed by atoms with E-state index in [-0.39, 0.29) is 23.6 Å². The Morgan fingerprint density at radius 3 is 2.42 bits per heavy atom. The van der Waals surface area contributed by atoms with E-state index in [4.69, 9.17) is 23.2 Å². The van der Waals surface area contributed by atoms with Gasteiger partial charge in [-0.2, -0.15) is 0 Å². The van der Waals surface area contributed by atoms with Crippen molar-refractivity contribution >= 4 is 46.8 Å². The molecule has 0 radical (unpaired) electrons. The first kappa shape index (κ1) is 25.6. The molecular formula is C24H30Cl2N2O2S. The molecule has 0 aromatic heterocycles. The first-order valence-corrected chi connectivity index (χ1v) is 12.4. The van der Waals surface area contributed by atoms with Crippen molar-refractivity contribution in [2.24, 2.45) is 0 Å². The molecule has 2 aromatic rings. The standard InChI is InChI=1S/C24H30Cl2N2O2S/c1-4-22(24(30)27-17(2)3)28(13-12-18-8-6-5-7-9-18)23(29)16-31-15-19-10-11-20(25)14-21(19)26/h5-11,14,17,22H,4,12-13,15-16H2,1-3H3,(H,27,30)/t22-/m1/s1. The number of carbonyl (C=O) groups is 2. The first-order valence-electron chi connectivity index (χ1n) is 10.5. The number of hydrogen-bond donors (Lipinski definition) is 1. The van der Waals surface area contributed by atoms with Gasteiger partial charge < -0.3 is 10.2 Å². The van der Waals surface area contributed by atoms with Crippen molar-refractivity contribution < 1.29 is 9.59 Å². The van der Waals surface area contributed by atoms with Crippen molar-refractivity contribution in [3.8, 4) is 0 Å². The van der Waals surface area contributed by atoms with E-state index >= 15 is 0 Å². The third-order valence-electron chi connectivity index (χ3n) is 4.80. The second-order valence-electron chi connectivity index (χ2n) is 7.64. The molecule has 2 rings (SSSR count). The van der Waals surface area contributed by atoms with Crippen LogP contribution in [0.3, 0.4) is 0 Å². The third-order valence-corrected chi connectivity index (χ3v) is 6.35. The molecule has 0 saturated heterocycles. The molecule has 0 spiro atoms. The van der Waals surface area contributed by atoms with Crippen LogP contribution in [0.15, 0.2) is 48.5 Å². The monoisotopic (exact) mass is 480 g/mol. The van der Waals surface area contributed by atoms with E-state index in [2.05, 4.69) is 5.32 Å². The Morgan fingerprint density at radius 1 is 1.10 bits per heavy atom. The predicted molar refractivity (Wildman–Crippen MR) is 132 cm³/mol. The minimum Gasteiger partial charge on any atom is -0.352 e. The molecule has 1 atom stereocenters. The predicted octanol–water partition coefficient (Wildman–Crippen LogP) is 5.60. The van der Waals surface area contributed by atoms with Crippen LogP contribution in [-0.4, -0.2) is 41.1 Å². The third kappa shape index (κ3) is 8.40. The molecule has 2 aromatic carbocycles. The van der Waals surface area contributed by atoms with Gasteiger partial charge in [0.05, 0.1) is 5.75 Å². The molecule has 0 unspecified atom stereocenters. The molecule has 0 fully saturated rings. The summed E-state index contributed by atoms with van der Waals surface area (Å²) in [7, 11) is 0. The SMILES string of the molecule is CC[C@H](C(=O)NC(C)C)N(CCc1ccccc1)C(=O)CSCc1ccc(Cl)cc1Cl. The summed E-state index contributed by atoms with van der Waals surface area (Å²) in [6, 6.07) is 14.9. The van der Waals surface area contributed by atoms with Crippen LogP contribution in [0.2, 0.25) is 10.0 Å². The molecule has 0 aliphatic carbocycles. The van der Waals surface area contributed by atoms with Crippen LogP contribution >= 0.6 is 35.0 Å². The Morgan fingerprint density at radius 2 is 1.81 bits per heavy atom. The largest absolute Gasteiger partial charge is 0.352 e. The number of nitrogens with zero attached hydrogens (tertiary/aromatic N) is 1. The number of halogens is 2. The van der Waals surface area contributed by atoms with Gasteiger partial charge in [0.25, 0.3) is 0 Å². The van der Waals surface area contributed by atoms with Gasteiger partial charge >= 0.3 is 0 Å². The minimum absolute atomic E-state index is 0.0223. The van der Waals surface area contributed by atoms with Crippen molar-refractivity contribution in [2.45, 2.75) is 51.4 Å². The molecule has 4 nitrogen and oxygen atoms in total. The fraction of sp³-hybridized carbons (Fsp3) is 0.417. The quantitative estimate of drug-likeness (QED) is 0.455. The van der Waals surface area contributed by atoms with Crippen LogP contribution in [0.4, 0.5) is 0 Å². The van der Waals surface area contributed by atoms with Gasteiger partial charge in [0, 0.05) is 28.4 Å². The molecule has 7 heteroatoms. The highest BCUT2D eigenvalue weighted by atomic mass is 35.5. The van der Waals surface area contributed by atoms with Gasteiger partial charge in [-0.25, -0.2) is 0 Å². The molecule has 0 saturated carbocycles. The van der Waals surface area contributed by atoms with Crippen molar-refractivity contribution in [2.75, 3.05) is 12.3 Å². The highest BCUT2D eigenvalue weighted by molar-refractivity contribution is 7.99. The number of benzene rings is 2. The summed E-state index contributed by atoms with van der Waals surface area (Å²) in [4.78, 5) is 27.7. The number of rotatable bonds is 11. The summed E-state index contributed by atoms with van der Waals surface area (Å²) in [5, 5.41) is 4.13. The van der Waals surface area contributed by atoms with Crippen molar-refractivity contribution in [3.63, 3.8) is 0 Å². The zero-order valence-corrected chi connectivity index (χ0v) is 20.6. The van der Waals surface area contributed by atoms with Gasteiger partial charge in [0.1, 0.15) is 6.04 Å². The molecule has 2 amide bonds. The first-order chi connectivity index (χ1) is 14.8. The summed E-state index contributed by atoms with van der Waals surface area (Å²) in [5.74, 6) is 0.726. The second kappa shape index (κ2) is 13.0. The lowest BCUT2D eigenvalue weighted by atomic mass is 10.1. The van der Waals surface area contributed by atoms with Crippen molar-refractivity contribution in [3.05, 3.63) is 69.7 Å². The number of nitrogens with one attached hydrogen (secondary N) is 1. The van der Waals surface area contributed by atoms with E-state index in [0.29, 0.717) is 35.2 Å². The van der Waals surface area contributed by atoms with Crippen molar-refractivity contribution in [1.29, 1.82) is 0 Å². The summed E-state index contributed by atoms with van der Waals surface area (Å²) in [6.07, 6.45) is 1.26. The Balaban J connectivity index is 2.07. The van der Waals surface area contributed by atoms with Crippen molar-refractivity contribution in [1.82, 2.24) is 10.2 Å². The Kier molecular flexibility index (Phi) is 10.7. The molecule has 168 valence electrons. The van der Waals surface area contributed by atoms with Gasteiger partial charge in [0.2, 0.25) is 11.8 Å². The molecule has 0 bridgehead atoms. The average molecular weight is 481 g/mol. The second-order valence-corrected chi connectivity index (χ2v) is 9.47. The molecule has 0 aliphatic heterocycles. The topological polar surface area (TPSA) is 49.4 Å². The van der Waals surface area contributed by atoms with Gasteiger partial charge in [-0.05, 0) is 49.9 Å². The molecule has 1 N–H and O–H groups in total. The number of amides is 2. The maximum Gasteiger partial charge on any atom is 0.242 e.